The van der Waals surface area contributed by atoms with Crippen molar-refractivity contribution in [2.24, 2.45) is 0 Å². The fourth-order valence-electron chi connectivity index (χ4n) is 3.76. The number of nitrogens with zero attached hydrogens (tertiary/aromatic N) is 3. The van der Waals surface area contributed by atoms with E-state index in [1.807, 2.05) is 48.5 Å². The second-order valence-electron chi connectivity index (χ2n) is 7.39. The maximum atomic E-state index is 12.9. The summed E-state index contributed by atoms with van der Waals surface area (Å²) in [6.45, 7) is 2.33. The maximum absolute atomic E-state index is 12.9. The molecule has 8 heteroatoms. The molecular formula is C22H22ClN5O2. The number of H-pyrrole nitrogens is 1. The van der Waals surface area contributed by atoms with E-state index in [1.165, 1.54) is 6.92 Å². The van der Waals surface area contributed by atoms with E-state index in [0.29, 0.717) is 29.8 Å². The fraction of sp³-hybridized carbons (Fsp3) is 0.273. The molecule has 3 aromatic rings. The van der Waals surface area contributed by atoms with Crippen LogP contribution in [0.1, 0.15) is 24.2 Å². The van der Waals surface area contributed by atoms with Gasteiger partial charge in [0.2, 0.25) is 11.8 Å². The summed E-state index contributed by atoms with van der Waals surface area (Å²) >= 11 is 6.21. The molecule has 154 valence electrons. The minimum atomic E-state index is -0.241. The van der Waals surface area contributed by atoms with Crippen molar-refractivity contribution in [1.29, 1.82) is 0 Å². The van der Waals surface area contributed by atoms with Crippen molar-refractivity contribution in [3.8, 4) is 11.4 Å². The third-order valence-corrected chi connectivity index (χ3v) is 5.62. The first-order valence-electron chi connectivity index (χ1n) is 9.77. The van der Waals surface area contributed by atoms with Crippen LogP contribution in [-0.4, -0.2) is 51.0 Å². The lowest BCUT2D eigenvalue weighted by atomic mass is 10.0. The first-order chi connectivity index (χ1) is 14.5. The van der Waals surface area contributed by atoms with Crippen molar-refractivity contribution in [3.63, 3.8) is 0 Å². The third kappa shape index (κ3) is 4.36. The molecule has 1 fully saturated rings. The van der Waals surface area contributed by atoms with E-state index in [4.69, 9.17) is 11.6 Å². The smallest absolute Gasteiger partial charge is 0.227 e. The highest BCUT2D eigenvalue weighted by molar-refractivity contribution is 6.31. The van der Waals surface area contributed by atoms with Crippen molar-refractivity contribution >= 4 is 23.4 Å². The van der Waals surface area contributed by atoms with Gasteiger partial charge < -0.3 is 10.2 Å². The number of halogens is 1. The Hall–Kier alpha value is -3.19. The van der Waals surface area contributed by atoms with Crippen molar-refractivity contribution in [2.45, 2.75) is 25.3 Å². The molecule has 2 heterocycles. The molecule has 0 spiro atoms. The van der Waals surface area contributed by atoms with Crippen molar-refractivity contribution in [3.05, 3.63) is 71.0 Å². The molecule has 2 atom stereocenters. The van der Waals surface area contributed by atoms with Gasteiger partial charge in [-0.15, -0.1) is 0 Å². The molecule has 0 saturated carbocycles. The van der Waals surface area contributed by atoms with Gasteiger partial charge in [-0.3, -0.25) is 14.7 Å². The molecule has 1 saturated heterocycles. The number of rotatable bonds is 5. The maximum Gasteiger partial charge on any atom is 0.227 e. The molecule has 1 aromatic heterocycles. The van der Waals surface area contributed by atoms with Crippen LogP contribution < -0.4 is 5.32 Å². The summed E-state index contributed by atoms with van der Waals surface area (Å²) in [6.07, 6.45) is 0.213. The predicted molar refractivity (Wildman–Crippen MR) is 114 cm³/mol. The lowest BCUT2D eigenvalue weighted by Gasteiger charge is -2.17. The summed E-state index contributed by atoms with van der Waals surface area (Å²) in [7, 11) is 0. The van der Waals surface area contributed by atoms with Crippen LogP contribution in [0.2, 0.25) is 5.02 Å². The minimum absolute atomic E-state index is 0.0382. The van der Waals surface area contributed by atoms with Crippen molar-refractivity contribution in [1.82, 2.24) is 25.4 Å². The normalized spacial score (nSPS) is 18.4. The van der Waals surface area contributed by atoms with E-state index in [2.05, 4.69) is 20.5 Å². The van der Waals surface area contributed by atoms with Crippen molar-refractivity contribution < 1.29 is 9.59 Å². The Morgan fingerprint density at radius 1 is 1.13 bits per heavy atom. The largest absolute Gasteiger partial charge is 0.351 e. The quantitative estimate of drug-likeness (QED) is 0.660. The zero-order valence-electron chi connectivity index (χ0n) is 16.5. The second-order valence-corrected chi connectivity index (χ2v) is 7.80. The monoisotopic (exact) mass is 423 g/mol. The van der Waals surface area contributed by atoms with Crippen LogP contribution in [0.3, 0.4) is 0 Å². The number of aromatic amines is 1. The number of hydrogen-bond donors (Lipinski definition) is 2. The van der Waals surface area contributed by atoms with Gasteiger partial charge >= 0.3 is 0 Å². The Kier molecular flexibility index (Phi) is 5.81. The molecular weight excluding hydrogens is 402 g/mol. The highest BCUT2D eigenvalue weighted by atomic mass is 35.5. The van der Waals surface area contributed by atoms with E-state index in [0.717, 1.165) is 11.1 Å². The van der Waals surface area contributed by atoms with Gasteiger partial charge in [-0.05, 0) is 11.6 Å². The third-order valence-electron chi connectivity index (χ3n) is 5.25. The number of amides is 2. The lowest BCUT2D eigenvalue weighted by molar-refractivity contribution is -0.129. The molecule has 1 aliphatic heterocycles. The van der Waals surface area contributed by atoms with E-state index < -0.39 is 0 Å². The Bertz CT molecular complexity index is 1050. The summed E-state index contributed by atoms with van der Waals surface area (Å²) < 4.78 is 0. The number of carbonyl (C=O) groups is 2. The van der Waals surface area contributed by atoms with Crippen LogP contribution in [0.5, 0.6) is 0 Å². The first kappa shape index (κ1) is 20.1. The highest BCUT2D eigenvalue weighted by Crippen LogP contribution is 2.28. The molecule has 2 N–H and O–H groups in total. The number of hydrogen-bond acceptors (Lipinski definition) is 4. The number of likely N-dealkylation sites (tertiary alicyclic amines) is 1. The van der Waals surface area contributed by atoms with Crippen LogP contribution in [0.15, 0.2) is 54.6 Å². The Balaban J connectivity index is 1.53. The van der Waals surface area contributed by atoms with Gasteiger partial charge in [0.05, 0.1) is 18.4 Å². The van der Waals surface area contributed by atoms with Crippen LogP contribution in [0.4, 0.5) is 0 Å². The van der Waals surface area contributed by atoms with E-state index in [-0.39, 0.29) is 30.2 Å². The van der Waals surface area contributed by atoms with Gasteiger partial charge in [-0.1, -0.05) is 60.1 Å². The average Bonchev–Trinajstić information content (AvgIpc) is 3.37. The van der Waals surface area contributed by atoms with Gasteiger partial charge in [0.15, 0.2) is 5.82 Å². The van der Waals surface area contributed by atoms with Gasteiger partial charge in [-0.25, -0.2) is 4.98 Å². The van der Waals surface area contributed by atoms with Crippen LogP contribution in [0.25, 0.3) is 11.4 Å². The molecule has 1 aliphatic rings. The molecule has 7 nitrogen and oxygen atoms in total. The summed E-state index contributed by atoms with van der Waals surface area (Å²) in [5.41, 5.74) is 1.69. The molecule has 4 rings (SSSR count). The van der Waals surface area contributed by atoms with Crippen LogP contribution >= 0.6 is 11.6 Å². The minimum Gasteiger partial charge on any atom is -0.351 e. The van der Waals surface area contributed by atoms with Crippen molar-refractivity contribution in [2.75, 3.05) is 13.1 Å². The van der Waals surface area contributed by atoms with Gasteiger partial charge in [0, 0.05) is 30.6 Å². The Labute approximate surface area is 179 Å². The molecule has 2 unspecified atom stereocenters. The molecule has 30 heavy (non-hydrogen) atoms. The fourth-order valence-corrected chi connectivity index (χ4v) is 3.97. The summed E-state index contributed by atoms with van der Waals surface area (Å²) in [5.74, 6) is 0.889. The zero-order chi connectivity index (χ0) is 21.1. The molecule has 2 amide bonds. The predicted octanol–water partition coefficient (Wildman–Crippen LogP) is 2.80. The summed E-state index contributed by atoms with van der Waals surface area (Å²) in [4.78, 5) is 31.0. The average molecular weight is 424 g/mol. The topological polar surface area (TPSA) is 91.0 Å². The van der Waals surface area contributed by atoms with Crippen LogP contribution in [0, 0.1) is 0 Å². The number of aromatic nitrogens is 3. The van der Waals surface area contributed by atoms with E-state index in [1.54, 1.807) is 11.0 Å². The highest BCUT2D eigenvalue weighted by Gasteiger charge is 2.38. The number of benzene rings is 2. The van der Waals surface area contributed by atoms with E-state index in [9.17, 15) is 9.59 Å². The number of carbonyl (C=O) groups excluding carboxylic acids is 2. The lowest BCUT2D eigenvalue weighted by Crippen LogP contribution is -2.39. The molecule has 2 aromatic carbocycles. The summed E-state index contributed by atoms with van der Waals surface area (Å²) in [6, 6.07) is 16.7. The molecule has 0 bridgehead atoms. The standard InChI is InChI=1S/C22H22ClN5O2/c1-14(29)24-19-13-28(20(30)11-16-9-5-6-10-18(16)23)12-17(19)22-25-21(26-27-22)15-7-3-2-4-8-15/h2-10,17,19H,11-13H2,1H3,(H,24,29)(H,25,26,27). The molecule has 0 aliphatic carbocycles. The van der Waals surface area contributed by atoms with Gasteiger partial charge in [-0.2, -0.15) is 5.10 Å². The Morgan fingerprint density at radius 3 is 2.60 bits per heavy atom. The SMILES string of the molecule is CC(=O)NC1CN(C(=O)Cc2ccccc2Cl)CC1c1nc(-c2ccccc2)n[nH]1. The second kappa shape index (κ2) is 8.67. The summed E-state index contributed by atoms with van der Waals surface area (Å²) in [5, 5.41) is 10.8. The Morgan fingerprint density at radius 2 is 1.87 bits per heavy atom. The number of nitrogens with one attached hydrogen (secondary N) is 2. The molecule has 0 radical (unpaired) electrons. The first-order valence-corrected chi connectivity index (χ1v) is 10.1. The van der Waals surface area contributed by atoms with Gasteiger partial charge in [0.25, 0.3) is 0 Å². The van der Waals surface area contributed by atoms with E-state index >= 15 is 0 Å². The van der Waals surface area contributed by atoms with Gasteiger partial charge in [0.1, 0.15) is 5.82 Å². The van der Waals surface area contributed by atoms with Crippen LogP contribution in [-0.2, 0) is 16.0 Å². The zero-order valence-corrected chi connectivity index (χ0v) is 17.3.